The summed E-state index contributed by atoms with van der Waals surface area (Å²) in [5, 5.41) is 4.98. The van der Waals surface area contributed by atoms with E-state index in [2.05, 4.69) is 10.6 Å². The normalized spacial score (nSPS) is 9.94. The Morgan fingerprint density at radius 2 is 1.83 bits per heavy atom. The fourth-order valence-electron chi connectivity index (χ4n) is 1.27. The van der Waals surface area contributed by atoms with E-state index in [1.54, 1.807) is 6.92 Å². The summed E-state index contributed by atoms with van der Waals surface area (Å²) in [5.41, 5.74) is -0.224. The number of nitrogens with one attached hydrogen (secondary N) is 2. The lowest BCUT2D eigenvalue weighted by atomic mass is 10.2. The Hall–Kier alpha value is -1.98. The Balaban J connectivity index is 2.43. The number of carbonyl (C=O) groups is 2. The van der Waals surface area contributed by atoms with Crippen LogP contribution in [0.5, 0.6) is 0 Å². The van der Waals surface area contributed by atoms with E-state index in [4.69, 9.17) is 0 Å². The van der Waals surface area contributed by atoms with E-state index in [0.717, 1.165) is 12.1 Å². The topological polar surface area (TPSA) is 58.2 Å². The number of carbonyl (C=O) groups excluding carboxylic acids is 2. The summed E-state index contributed by atoms with van der Waals surface area (Å²) in [5.74, 6) is -2.42. The molecule has 0 aliphatic rings. The Morgan fingerprint density at radius 1 is 1.17 bits per heavy atom. The third-order valence-electron chi connectivity index (χ3n) is 2.23. The molecule has 0 aromatic heterocycles. The Kier molecular flexibility index (Phi) is 5.23. The van der Waals surface area contributed by atoms with Crippen molar-refractivity contribution in [3.05, 3.63) is 35.4 Å². The van der Waals surface area contributed by atoms with Gasteiger partial charge in [-0.25, -0.2) is 8.78 Å². The lowest BCUT2D eigenvalue weighted by molar-refractivity contribution is -0.120. The molecule has 6 heteroatoms. The molecule has 0 bridgehead atoms. The number of halogens is 2. The van der Waals surface area contributed by atoms with E-state index >= 15 is 0 Å². The predicted molar refractivity (Wildman–Crippen MR) is 62.0 cm³/mol. The smallest absolute Gasteiger partial charge is 0.254 e. The van der Waals surface area contributed by atoms with Crippen molar-refractivity contribution in [2.75, 3.05) is 13.1 Å². The third-order valence-corrected chi connectivity index (χ3v) is 2.23. The lowest BCUT2D eigenvalue weighted by Gasteiger charge is -2.07. The van der Waals surface area contributed by atoms with Gasteiger partial charge in [0.05, 0.1) is 5.56 Å². The quantitative estimate of drug-likeness (QED) is 0.778. The van der Waals surface area contributed by atoms with Gasteiger partial charge in [-0.15, -0.1) is 0 Å². The number of hydrogen-bond donors (Lipinski definition) is 2. The van der Waals surface area contributed by atoms with Gasteiger partial charge < -0.3 is 10.6 Å². The molecule has 18 heavy (non-hydrogen) atoms. The molecule has 2 amide bonds. The number of amides is 2. The first kappa shape index (κ1) is 14.1. The molecule has 0 saturated heterocycles. The minimum Gasteiger partial charge on any atom is -0.354 e. The van der Waals surface area contributed by atoms with E-state index in [0.29, 0.717) is 12.5 Å². The van der Waals surface area contributed by atoms with Gasteiger partial charge in [0, 0.05) is 25.6 Å². The van der Waals surface area contributed by atoms with Gasteiger partial charge in [-0.1, -0.05) is 6.92 Å². The first-order valence-electron chi connectivity index (χ1n) is 5.54. The molecule has 2 N–H and O–H groups in total. The summed E-state index contributed by atoms with van der Waals surface area (Å²) < 4.78 is 25.8. The van der Waals surface area contributed by atoms with Crippen LogP contribution in [0.4, 0.5) is 8.78 Å². The molecular weight excluding hydrogens is 242 g/mol. The molecule has 0 aliphatic carbocycles. The fraction of sp³-hybridized carbons (Fsp3) is 0.333. The Morgan fingerprint density at radius 3 is 2.44 bits per heavy atom. The molecule has 1 aromatic carbocycles. The first-order chi connectivity index (χ1) is 8.54. The average molecular weight is 256 g/mol. The highest BCUT2D eigenvalue weighted by Crippen LogP contribution is 2.08. The van der Waals surface area contributed by atoms with E-state index in [1.807, 2.05) is 0 Å². The minimum atomic E-state index is -0.912. The van der Waals surface area contributed by atoms with Crippen molar-refractivity contribution in [1.82, 2.24) is 10.6 Å². The van der Waals surface area contributed by atoms with E-state index in [9.17, 15) is 18.4 Å². The summed E-state index contributed by atoms with van der Waals surface area (Å²) in [6, 6.07) is 2.73. The molecule has 0 spiro atoms. The summed E-state index contributed by atoms with van der Waals surface area (Å²) >= 11 is 0. The van der Waals surface area contributed by atoms with Gasteiger partial charge in [0.1, 0.15) is 11.6 Å². The average Bonchev–Trinajstić information content (AvgIpc) is 2.34. The van der Waals surface area contributed by atoms with Crippen molar-refractivity contribution in [3.63, 3.8) is 0 Å². The SMILES string of the molecule is CCC(=O)NCCNC(=O)c1ccc(F)cc1F. The van der Waals surface area contributed by atoms with Gasteiger partial charge in [-0.3, -0.25) is 9.59 Å². The second-order valence-corrected chi connectivity index (χ2v) is 3.58. The van der Waals surface area contributed by atoms with Crippen LogP contribution in [0.3, 0.4) is 0 Å². The summed E-state index contributed by atoms with van der Waals surface area (Å²) in [7, 11) is 0. The van der Waals surface area contributed by atoms with Gasteiger partial charge >= 0.3 is 0 Å². The molecule has 98 valence electrons. The zero-order valence-corrected chi connectivity index (χ0v) is 9.93. The van der Waals surface area contributed by atoms with Crippen LogP contribution < -0.4 is 10.6 Å². The molecule has 0 heterocycles. The van der Waals surface area contributed by atoms with Crippen LogP contribution >= 0.6 is 0 Å². The molecule has 0 atom stereocenters. The molecule has 0 unspecified atom stereocenters. The molecule has 0 fully saturated rings. The number of benzene rings is 1. The van der Waals surface area contributed by atoms with Crippen molar-refractivity contribution >= 4 is 11.8 Å². The standard InChI is InChI=1S/C12H14F2N2O2/c1-2-11(17)15-5-6-16-12(18)9-4-3-8(13)7-10(9)14/h3-4,7H,2,5-6H2,1H3,(H,15,17)(H,16,18). The van der Waals surface area contributed by atoms with Crippen LogP contribution in [0.1, 0.15) is 23.7 Å². The van der Waals surface area contributed by atoms with Gasteiger partial charge in [0.25, 0.3) is 5.91 Å². The molecule has 0 radical (unpaired) electrons. The lowest BCUT2D eigenvalue weighted by Crippen LogP contribution is -2.34. The highest BCUT2D eigenvalue weighted by molar-refractivity contribution is 5.94. The minimum absolute atomic E-state index is 0.128. The predicted octanol–water partition coefficient (Wildman–Crippen LogP) is 1.22. The highest BCUT2D eigenvalue weighted by atomic mass is 19.1. The monoisotopic (exact) mass is 256 g/mol. The van der Waals surface area contributed by atoms with Gasteiger partial charge in [0.15, 0.2) is 0 Å². The summed E-state index contributed by atoms with van der Waals surface area (Å²) in [4.78, 5) is 22.4. The number of hydrogen-bond acceptors (Lipinski definition) is 2. The Bertz CT molecular complexity index is 450. The van der Waals surface area contributed by atoms with Crippen molar-refractivity contribution in [2.24, 2.45) is 0 Å². The van der Waals surface area contributed by atoms with E-state index in [1.165, 1.54) is 0 Å². The molecular formula is C12H14F2N2O2. The van der Waals surface area contributed by atoms with Gasteiger partial charge in [-0.05, 0) is 12.1 Å². The van der Waals surface area contributed by atoms with Crippen LogP contribution in [-0.4, -0.2) is 24.9 Å². The van der Waals surface area contributed by atoms with Crippen LogP contribution in [0.2, 0.25) is 0 Å². The summed E-state index contributed by atoms with van der Waals surface area (Å²) in [6.45, 7) is 2.16. The van der Waals surface area contributed by atoms with Crippen molar-refractivity contribution in [3.8, 4) is 0 Å². The van der Waals surface area contributed by atoms with Crippen LogP contribution in [0.15, 0.2) is 18.2 Å². The molecule has 4 nitrogen and oxygen atoms in total. The second-order valence-electron chi connectivity index (χ2n) is 3.58. The molecule has 1 rings (SSSR count). The Labute approximate surface area is 103 Å². The van der Waals surface area contributed by atoms with E-state index in [-0.39, 0.29) is 24.6 Å². The second kappa shape index (κ2) is 6.68. The van der Waals surface area contributed by atoms with Crippen molar-refractivity contribution in [1.29, 1.82) is 0 Å². The van der Waals surface area contributed by atoms with Crippen molar-refractivity contribution in [2.45, 2.75) is 13.3 Å². The third kappa shape index (κ3) is 4.12. The van der Waals surface area contributed by atoms with Crippen molar-refractivity contribution < 1.29 is 18.4 Å². The molecule has 0 aliphatic heterocycles. The van der Waals surface area contributed by atoms with Gasteiger partial charge in [-0.2, -0.15) is 0 Å². The van der Waals surface area contributed by atoms with Crippen LogP contribution in [-0.2, 0) is 4.79 Å². The largest absolute Gasteiger partial charge is 0.354 e. The highest BCUT2D eigenvalue weighted by Gasteiger charge is 2.11. The van der Waals surface area contributed by atoms with Crippen LogP contribution in [0, 0.1) is 11.6 Å². The maximum absolute atomic E-state index is 13.2. The zero-order valence-electron chi connectivity index (χ0n) is 9.93. The van der Waals surface area contributed by atoms with Gasteiger partial charge in [0.2, 0.25) is 5.91 Å². The zero-order chi connectivity index (χ0) is 13.5. The van der Waals surface area contributed by atoms with E-state index < -0.39 is 17.5 Å². The fourth-order valence-corrected chi connectivity index (χ4v) is 1.27. The first-order valence-corrected chi connectivity index (χ1v) is 5.54. The molecule has 1 aromatic rings. The molecule has 0 saturated carbocycles. The van der Waals surface area contributed by atoms with Crippen LogP contribution in [0.25, 0.3) is 0 Å². The number of rotatable bonds is 5. The summed E-state index contributed by atoms with van der Waals surface area (Å²) in [6.07, 6.45) is 0.362. The maximum Gasteiger partial charge on any atom is 0.254 e. The maximum atomic E-state index is 13.2.